The van der Waals surface area contributed by atoms with Crippen LogP contribution in [0.4, 0.5) is 4.79 Å². The number of amides is 3. The molecule has 0 radical (unpaired) electrons. The van der Waals surface area contributed by atoms with Crippen molar-refractivity contribution in [1.82, 2.24) is 15.5 Å². The van der Waals surface area contributed by atoms with Crippen molar-refractivity contribution in [3.05, 3.63) is 57.8 Å². The van der Waals surface area contributed by atoms with Crippen LogP contribution < -0.4 is 15.5 Å². The van der Waals surface area contributed by atoms with Gasteiger partial charge in [0.15, 0.2) is 0 Å². The number of rotatable bonds is 6. The molecule has 0 atom stereocenters. The molecule has 7 heteroatoms. The molecule has 3 amide bonds. The van der Waals surface area contributed by atoms with E-state index in [9.17, 15) is 9.59 Å². The topological polar surface area (TPSA) is 65.9 Å². The summed E-state index contributed by atoms with van der Waals surface area (Å²) in [6.07, 6.45) is 0. The van der Waals surface area contributed by atoms with E-state index < -0.39 is 0 Å². The zero-order valence-corrected chi connectivity index (χ0v) is 17.3. The van der Waals surface area contributed by atoms with Gasteiger partial charge < -0.3 is 20.4 Å². The summed E-state index contributed by atoms with van der Waals surface area (Å²) >= 11 is 1.73. The van der Waals surface area contributed by atoms with E-state index in [0.717, 1.165) is 38.3 Å². The summed E-state index contributed by atoms with van der Waals surface area (Å²) < 4.78 is 0. The maximum absolute atomic E-state index is 12.8. The van der Waals surface area contributed by atoms with Crippen LogP contribution in [0.2, 0.25) is 0 Å². The Hall–Kier alpha value is -2.38. The van der Waals surface area contributed by atoms with Crippen LogP contribution in [0.3, 0.4) is 0 Å². The quantitative estimate of drug-likeness (QED) is 0.687. The first-order valence-electron chi connectivity index (χ1n) is 9.78. The van der Waals surface area contributed by atoms with Crippen LogP contribution in [0, 0.1) is 0 Å². The van der Waals surface area contributed by atoms with Crippen LogP contribution in [0.15, 0.2) is 41.1 Å². The normalized spacial score (nSPS) is 14.9. The standard InChI is InChI=1S/C21H28N4O2S/c1-16(2)23-21(27)22-13-17-3-5-19(6-4-17)20(26)25-10-8-24(9-11-25)14-18-7-12-28-15-18/h3-7,12,15-16H,8-11,13-14H2,1-2H3,(H2,22,23,27)/p+1. The summed E-state index contributed by atoms with van der Waals surface area (Å²) in [4.78, 5) is 27.9. The lowest BCUT2D eigenvalue weighted by molar-refractivity contribution is -0.917. The van der Waals surface area contributed by atoms with Crippen molar-refractivity contribution in [1.29, 1.82) is 0 Å². The molecule has 1 saturated heterocycles. The number of thiophene rings is 1. The van der Waals surface area contributed by atoms with E-state index in [2.05, 4.69) is 27.5 Å². The third-order valence-electron chi connectivity index (χ3n) is 4.87. The number of carbonyl (C=O) groups excluding carboxylic acids is 2. The molecular weight excluding hydrogens is 372 g/mol. The molecular formula is C21H29N4O2S+. The van der Waals surface area contributed by atoms with Crippen molar-refractivity contribution in [3.63, 3.8) is 0 Å². The fourth-order valence-corrected chi connectivity index (χ4v) is 4.00. The van der Waals surface area contributed by atoms with Crippen molar-refractivity contribution in [2.75, 3.05) is 26.2 Å². The van der Waals surface area contributed by atoms with Crippen molar-refractivity contribution in [2.24, 2.45) is 0 Å². The Labute approximate surface area is 170 Å². The summed E-state index contributed by atoms with van der Waals surface area (Å²) in [6.45, 7) is 8.86. The number of nitrogens with zero attached hydrogens (tertiary/aromatic N) is 1. The number of hydrogen-bond donors (Lipinski definition) is 3. The Morgan fingerprint density at radius 2 is 1.82 bits per heavy atom. The second-order valence-corrected chi connectivity index (χ2v) is 8.31. The number of benzene rings is 1. The first-order valence-corrected chi connectivity index (χ1v) is 10.7. The summed E-state index contributed by atoms with van der Waals surface area (Å²) in [7, 11) is 0. The van der Waals surface area contributed by atoms with Crippen LogP contribution in [-0.2, 0) is 13.1 Å². The predicted octanol–water partition coefficient (Wildman–Crippen LogP) is 1.50. The predicted molar refractivity (Wildman–Crippen MR) is 112 cm³/mol. The highest BCUT2D eigenvalue weighted by molar-refractivity contribution is 7.07. The van der Waals surface area contributed by atoms with Gasteiger partial charge >= 0.3 is 6.03 Å². The molecule has 0 spiro atoms. The number of piperazine rings is 1. The first-order chi connectivity index (χ1) is 13.5. The Morgan fingerprint density at radius 3 is 2.43 bits per heavy atom. The van der Waals surface area contributed by atoms with Gasteiger partial charge in [-0.15, -0.1) is 0 Å². The molecule has 1 aliphatic heterocycles. The van der Waals surface area contributed by atoms with Crippen molar-refractivity contribution in [3.8, 4) is 0 Å². The van der Waals surface area contributed by atoms with Gasteiger partial charge in [0.25, 0.3) is 5.91 Å². The zero-order chi connectivity index (χ0) is 19.9. The van der Waals surface area contributed by atoms with Crippen molar-refractivity contribution >= 4 is 23.3 Å². The molecule has 2 heterocycles. The summed E-state index contributed by atoms with van der Waals surface area (Å²) in [5.74, 6) is 0.0895. The van der Waals surface area contributed by atoms with E-state index in [1.165, 1.54) is 10.5 Å². The average Bonchev–Trinajstić information content (AvgIpc) is 3.19. The number of quaternary nitrogens is 1. The maximum atomic E-state index is 12.8. The highest BCUT2D eigenvalue weighted by atomic mass is 32.1. The second-order valence-electron chi connectivity index (χ2n) is 7.53. The molecule has 2 aromatic rings. The van der Waals surface area contributed by atoms with E-state index in [1.807, 2.05) is 43.0 Å². The second kappa shape index (κ2) is 9.71. The van der Waals surface area contributed by atoms with Gasteiger partial charge in [-0.1, -0.05) is 12.1 Å². The molecule has 150 valence electrons. The monoisotopic (exact) mass is 401 g/mol. The number of nitrogens with one attached hydrogen (secondary N) is 3. The van der Waals surface area contributed by atoms with Gasteiger partial charge in [0, 0.05) is 23.7 Å². The molecule has 3 rings (SSSR count). The van der Waals surface area contributed by atoms with E-state index >= 15 is 0 Å². The van der Waals surface area contributed by atoms with Gasteiger partial charge in [0.2, 0.25) is 0 Å². The molecule has 3 N–H and O–H groups in total. The Morgan fingerprint density at radius 1 is 1.11 bits per heavy atom. The zero-order valence-electron chi connectivity index (χ0n) is 16.5. The highest BCUT2D eigenvalue weighted by Crippen LogP contribution is 2.09. The van der Waals surface area contributed by atoms with Gasteiger partial charge in [-0.05, 0) is 48.4 Å². The molecule has 1 aromatic heterocycles. The van der Waals surface area contributed by atoms with Gasteiger partial charge in [-0.3, -0.25) is 4.79 Å². The Bertz CT molecular complexity index is 766. The van der Waals surface area contributed by atoms with Gasteiger partial charge in [-0.2, -0.15) is 11.3 Å². The Balaban J connectivity index is 1.46. The van der Waals surface area contributed by atoms with Gasteiger partial charge in [0.05, 0.1) is 26.2 Å². The number of hydrogen-bond acceptors (Lipinski definition) is 3. The average molecular weight is 402 g/mol. The highest BCUT2D eigenvalue weighted by Gasteiger charge is 2.24. The molecule has 0 aliphatic carbocycles. The molecule has 28 heavy (non-hydrogen) atoms. The summed E-state index contributed by atoms with van der Waals surface area (Å²) in [5.41, 5.74) is 3.06. The van der Waals surface area contributed by atoms with Crippen LogP contribution in [0.5, 0.6) is 0 Å². The lowest BCUT2D eigenvalue weighted by atomic mass is 10.1. The molecule has 1 aliphatic rings. The van der Waals surface area contributed by atoms with E-state index in [4.69, 9.17) is 0 Å². The minimum Gasteiger partial charge on any atom is -0.336 e. The minimum atomic E-state index is -0.182. The van der Waals surface area contributed by atoms with E-state index in [-0.39, 0.29) is 18.0 Å². The van der Waals surface area contributed by atoms with Crippen LogP contribution in [0.25, 0.3) is 0 Å². The molecule has 0 unspecified atom stereocenters. The first kappa shape index (κ1) is 20.4. The SMILES string of the molecule is CC(C)NC(=O)NCc1ccc(C(=O)N2CC[NH+](Cc3ccsc3)CC2)cc1. The van der Waals surface area contributed by atoms with E-state index in [0.29, 0.717) is 12.1 Å². The molecule has 1 fully saturated rings. The molecule has 0 bridgehead atoms. The Kier molecular flexibility index (Phi) is 7.06. The fraction of sp³-hybridized carbons (Fsp3) is 0.429. The summed E-state index contributed by atoms with van der Waals surface area (Å²) in [5, 5.41) is 9.93. The van der Waals surface area contributed by atoms with Crippen LogP contribution in [-0.4, -0.2) is 49.1 Å². The van der Waals surface area contributed by atoms with Crippen LogP contribution in [0.1, 0.15) is 35.3 Å². The van der Waals surface area contributed by atoms with Crippen molar-refractivity contribution in [2.45, 2.75) is 33.0 Å². The largest absolute Gasteiger partial charge is 0.336 e. The third-order valence-corrected chi connectivity index (χ3v) is 5.60. The molecule has 6 nitrogen and oxygen atoms in total. The minimum absolute atomic E-state index is 0.0895. The lowest BCUT2D eigenvalue weighted by Gasteiger charge is -2.32. The maximum Gasteiger partial charge on any atom is 0.315 e. The smallest absolute Gasteiger partial charge is 0.315 e. The van der Waals surface area contributed by atoms with Crippen LogP contribution >= 0.6 is 11.3 Å². The fourth-order valence-electron chi connectivity index (χ4n) is 3.33. The van der Waals surface area contributed by atoms with Crippen molar-refractivity contribution < 1.29 is 14.5 Å². The van der Waals surface area contributed by atoms with Gasteiger partial charge in [-0.25, -0.2) is 4.79 Å². The number of carbonyl (C=O) groups is 2. The molecule has 1 aromatic carbocycles. The van der Waals surface area contributed by atoms with E-state index in [1.54, 1.807) is 11.3 Å². The molecule has 0 saturated carbocycles. The summed E-state index contributed by atoms with van der Waals surface area (Å²) in [6, 6.07) is 9.61. The number of urea groups is 1. The third kappa shape index (κ3) is 5.81. The van der Waals surface area contributed by atoms with Gasteiger partial charge in [0.1, 0.15) is 6.54 Å². The lowest BCUT2D eigenvalue weighted by Crippen LogP contribution is -3.13.